The number of aromatic nitrogens is 1. The van der Waals surface area contributed by atoms with E-state index in [9.17, 15) is 9.59 Å². The standard InChI is InChI=1S/C9H9IN2O3S/c1-2-15-8(14)6(3-10)7-4-16-9(12-7)11-5-13/h3-5H,2H2,1H3,(H,11,12,13). The highest BCUT2D eigenvalue weighted by atomic mass is 127. The molecule has 7 heteroatoms. The summed E-state index contributed by atoms with van der Waals surface area (Å²) >= 11 is 3.20. The highest BCUT2D eigenvalue weighted by molar-refractivity contribution is 14.1. The topological polar surface area (TPSA) is 68.3 Å². The minimum atomic E-state index is -0.417. The molecule has 1 N–H and O–H groups in total. The van der Waals surface area contributed by atoms with Crippen molar-refractivity contribution >= 4 is 57.0 Å². The second kappa shape index (κ2) is 6.59. The third-order valence-electron chi connectivity index (χ3n) is 1.57. The molecule has 0 radical (unpaired) electrons. The fraction of sp³-hybridized carbons (Fsp3) is 0.222. The Balaban J connectivity index is 2.87. The maximum Gasteiger partial charge on any atom is 0.340 e. The van der Waals surface area contributed by atoms with Crippen LogP contribution in [-0.2, 0) is 14.3 Å². The van der Waals surface area contributed by atoms with E-state index in [0.717, 1.165) is 0 Å². The molecule has 1 aromatic rings. The minimum Gasteiger partial charge on any atom is -0.462 e. The third kappa shape index (κ3) is 3.27. The van der Waals surface area contributed by atoms with Gasteiger partial charge in [-0.15, -0.1) is 11.3 Å². The van der Waals surface area contributed by atoms with Gasteiger partial charge in [0.15, 0.2) is 5.13 Å². The van der Waals surface area contributed by atoms with Crippen LogP contribution in [0.5, 0.6) is 0 Å². The van der Waals surface area contributed by atoms with E-state index in [-0.39, 0.29) is 0 Å². The number of carbonyl (C=O) groups is 2. The molecule has 0 saturated carbocycles. The number of hydrogen-bond donors (Lipinski definition) is 1. The number of hydrogen-bond acceptors (Lipinski definition) is 5. The number of halogens is 1. The number of nitrogens with zero attached hydrogens (tertiary/aromatic N) is 1. The zero-order valence-electron chi connectivity index (χ0n) is 8.40. The van der Waals surface area contributed by atoms with E-state index in [2.05, 4.69) is 10.3 Å². The highest BCUT2D eigenvalue weighted by Gasteiger charge is 2.15. The summed E-state index contributed by atoms with van der Waals surface area (Å²) in [6.45, 7) is 2.06. The second-order valence-electron chi connectivity index (χ2n) is 2.54. The van der Waals surface area contributed by atoms with Crippen molar-refractivity contribution in [1.82, 2.24) is 4.98 Å². The van der Waals surface area contributed by atoms with Gasteiger partial charge in [-0.25, -0.2) is 9.78 Å². The van der Waals surface area contributed by atoms with Crippen molar-refractivity contribution in [3.63, 3.8) is 0 Å². The monoisotopic (exact) mass is 352 g/mol. The lowest BCUT2D eigenvalue weighted by Crippen LogP contribution is -2.06. The maximum atomic E-state index is 11.5. The average molecular weight is 352 g/mol. The summed E-state index contributed by atoms with van der Waals surface area (Å²) in [6.07, 6.45) is 0.542. The van der Waals surface area contributed by atoms with Gasteiger partial charge in [0.1, 0.15) is 0 Å². The fourth-order valence-electron chi connectivity index (χ4n) is 0.928. The summed E-state index contributed by atoms with van der Waals surface area (Å²) in [4.78, 5) is 25.8. The van der Waals surface area contributed by atoms with Crippen LogP contribution in [0.15, 0.2) is 9.46 Å². The van der Waals surface area contributed by atoms with Crippen LogP contribution >= 0.6 is 33.9 Å². The largest absolute Gasteiger partial charge is 0.462 e. The Morgan fingerprint density at radius 2 is 2.50 bits per heavy atom. The molecule has 0 fully saturated rings. The molecule has 0 atom stereocenters. The SMILES string of the molecule is CCOC(=O)C(=CI)c1csc(NC=O)n1. The summed E-state index contributed by atoms with van der Waals surface area (Å²) in [5.41, 5.74) is 0.889. The van der Waals surface area contributed by atoms with E-state index in [1.54, 1.807) is 16.4 Å². The number of rotatable bonds is 5. The first-order valence-electron chi connectivity index (χ1n) is 4.36. The Morgan fingerprint density at radius 3 is 3.06 bits per heavy atom. The highest BCUT2D eigenvalue weighted by Crippen LogP contribution is 2.23. The van der Waals surface area contributed by atoms with Crippen LogP contribution in [0.4, 0.5) is 5.13 Å². The first kappa shape index (κ1) is 13.1. The predicted octanol–water partition coefficient (Wildman–Crippen LogP) is 2.05. The van der Waals surface area contributed by atoms with Gasteiger partial charge in [0.25, 0.3) is 0 Å². The molecule has 0 spiro atoms. The lowest BCUT2D eigenvalue weighted by Gasteiger charge is -2.02. The van der Waals surface area contributed by atoms with Gasteiger partial charge in [0.05, 0.1) is 17.9 Å². The first-order valence-corrected chi connectivity index (χ1v) is 6.49. The summed E-state index contributed by atoms with van der Waals surface area (Å²) in [5, 5.41) is 4.56. The van der Waals surface area contributed by atoms with Gasteiger partial charge in [-0.05, 0) is 11.0 Å². The third-order valence-corrected chi connectivity index (χ3v) is 2.96. The molecule has 0 unspecified atom stereocenters. The van der Waals surface area contributed by atoms with Crippen LogP contribution in [0.25, 0.3) is 5.57 Å². The molecule has 1 aromatic heterocycles. The Kier molecular flexibility index (Phi) is 5.39. The van der Waals surface area contributed by atoms with Crippen LogP contribution in [0, 0.1) is 0 Å². The molecular formula is C9H9IN2O3S. The fourth-order valence-corrected chi connectivity index (χ4v) is 2.17. The van der Waals surface area contributed by atoms with E-state index in [0.29, 0.717) is 29.4 Å². The minimum absolute atomic E-state index is 0.316. The molecule has 1 heterocycles. The smallest absolute Gasteiger partial charge is 0.340 e. The molecule has 5 nitrogen and oxygen atoms in total. The second-order valence-corrected chi connectivity index (χ2v) is 4.02. The normalized spacial score (nSPS) is 11.0. The van der Waals surface area contributed by atoms with Crippen molar-refractivity contribution in [3.8, 4) is 0 Å². The summed E-state index contributed by atoms with van der Waals surface area (Å²) in [5.74, 6) is -0.417. The van der Waals surface area contributed by atoms with E-state index >= 15 is 0 Å². The van der Waals surface area contributed by atoms with Crippen molar-refractivity contribution < 1.29 is 14.3 Å². The number of ether oxygens (including phenoxy) is 1. The van der Waals surface area contributed by atoms with Crippen molar-refractivity contribution in [2.45, 2.75) is 6.92 Å². The zero-order valence-corrected chi connectivity index (χ0v) is 11.4. The van der Waals surface area contributed by atoms with Gasteiger partial charge in [-0.2, -0.15) is 0 Å². The van der Waals surface area contributed by atoms with Gasteiger partial charge >= 0.3 is 5.97 Å². The number of amides is 1. The molecular weight excluding hydrogens is 343 g/mol. The van der Waals surface area contributed by atoms with Crippen molar-refractivity contribution in [2.75, 3.05) is 11.9 Å². The lowest BCUT2D eigenvalue weighted by atomic mass is 10.2. The van der Waals surface area contributed by atoms with E-state index < -0.39 is 5.97 Å². The van der Waals surface area contributed by atoms with Crippen LogP contribution < -0.4 is 5.32 Å². The number of anilines is 1. The van der Waals surface area contributed by atoms with Crippen molar-refractivity contribution in [2.24, 2.45) is 0 Å². The van der Waals surface area contributed by atoms with E-state index in [1.807, 2.05) is 22.6 Å². The molecule has 0 aliphatic heterocycles. The van der Waals surface area contributed by atoms with Gasteiger partial charge in [-0.3, -0.25) is 4.79 Å². The average Bonchev–Trinajstić information content (AvgIpc) is 2.68. The quantitative estimate of drug-likeness (QED) is 0.381. The Morgan fingerprint density at radius 1 is 1.75 bits per heavy atom. The van der Waals surface area contributed by atoms with E-state index in [4.69, 9.17) is 4.74 Å². The molecule has 1 amide bonds. The molecule has 86 valence electrons. The molecule has 0 saturated heterocycles. The van der Waals surface area contributed by atoms with Gasteiger partial charge < -0.3 is 10.1 Å². The maximum absolute atomic E-state index is 11.5. The van der Waals surface area contributed by atoms with E-state index in [1.165, 1.54) is 11.3 Å². The molecule has 0 bridgehead atoms. The van der Waals surface area contributed by atoms with Crippen LogP contribution in [0.1, 0.15) is 12.6 Å². The van der Waals surface area contributed by atoms with Crippen molar-refractivity contribution in [1.29, 1.82) is 0 Å². The van der Waals surface area contributed by atoms with Crippen molar-refractivity contribution in [3.05, 3.63) is 15.2 Å². The Bertz CT molecular complexity index is 417. The predicted molar refractivity (Wildman–Crippen MR) is 70.4 cm³/mol. The van der Waals surface area contributed by atoms with Gasteiger partial charge in [0.2, 0.25) is 6.41 Å². The van der Waals surface area contributed by atoms with Gasteiger partial charge in [-0.1, -0.05) is 22.6 Å². The van der Waals surface area contributed by atoms with Crippen LogP contribution in [0.2, 0.25) is 0 Å². The lowest BCUT2D eigenvalue weighted by molar-refractivity contribution is -0.136. The summed E-state index contributed by atoms with van der Waals surface area (Å²) in [7, 11) is 0. The number of nitrogens with one attached hydrogen (secondary N) is 1. The first-order chi connectivity index (χ1) is 7.72. The van der Waals surface area contributed by atoms with Gasteiger partial charge in [0, 0.05) is 5.38 Å². The molecule has 0 aliphatic carbocycles. The Labute approximate surface area is 110 Å². The number of esters is 1. The zero-order chi connectivity index (χ0) is 12.0. The van der Waals surface area contributed by atoms with Crippen LogP contribution in [0.3, 0.4) is 0 Å². The summed E-state index contributed by atoms with van der Waals surface area (Å²) < 4.78 is 6.49. The Hall–Kier alpha value is -0.960. The molecule has 0 aromatic carbocycles. The summed E-state index contributed by atoms with van der Waals surface area (Å²) in [6, 6.07) is 0. The van der Waals surface area contributed by atoms with Crippen LogP contribution in [-0.4, -0.2) is 24.0 Å². The molecule has 1 rings (SSSR count). The molecule has 16 heavy (non-hydrogen) atoms. The number of carbonyl (C=O) groups excluding carboxylic acids is 2. The number of thiazole rings is 1. The molecule has 0 aliphatic rings.